The molecule has 1 N–H and O–H groups in total. The van der Waals surface area contributed by atoms with E-state index in [1.54, 1.807) is 0 Å². The maximum Gasteiger partial charge on any atom is 0.326 e. The van der Waals surface area contributed by atoms with Gasteiger partial charge in [0.15, 0.2) is 0 Å². The predicted molar refractivity (Wildman–Crippen MR) is 56.1 cm³/mol. The Balaban J connectivity index is 2.66. The Morgan fingerprint density at radius 2 is 1.86 bits per heavy atom. The standard InChI is InChI=1S/C11H21NO2/c1-3-14-10(13)11(12-2)8-6-4-5-7-9-11/h12H,3-9H2,1-2H3. The zero-order valence-corrected chi connectivity index (χ0v) is 9.27. The lowest BCUT2D eigenvalue weighted by atomic mass is 9.90. The molecule has 0 heterocycles. The van der Waals surface area contributed by atoms with Gasteiger partial charge in [-0.15, -0.1) is 0 Å². The van der Waals surface area contributed by atoms with Gasteiger partial charge >= 0.3 is 5.97 Å². The Hall–Kier alpha value is -0.570. The first-order valence-electron chi connectivity index (χ1n) is 5.61. The molecule has 1 saturated carbocycles. The number of likely N-dealkylation sites (N-methyl/N-ethyl adjacent to an activating group) is 1. The molecule has 0 amide bonds. The second-order valence-electron chi connectivity index (χ2n) is 3.97. The Bertz CT molecular complexity index is 184. The SMILES string of the molecule is CCOC(=O)C1(NC)CCCCCC1. The molecule has 1 aliphatic rings. The zero-order valence-electron chi connectivity index (χ0n) is 9.27. The molecule has 0 bridgehead atoms. The van der Waals surface area contributed by atoms with Crippen molar-refractivity contribution in [1.82, 2.24) is 5.32 Å². The molecule has 1 aliphatic carbocycles. The molecule has 0 radical (unpaired) electrons. The smallest absolute Gasteiger partial charge is 0.326 e. The molecule has 0 unspecified atom stereocenters. The van der Waals surface area contributed by atoms with Crippen LogP contribution in [0.15, 0.2) is 0 Å². The summed E-state index contributed by atoms with van der Waals surface area (Å²) in [6, 6.07) is 0. The zero-order chi connectivity index (χ0) is 10.4. The average molecular weight is 199 g/mol. The number of rotatable bonds is 3. The average Bonchev–Trinajstić information content (AvgIpc) is 2.44. The fourth-order valence-corrected chi connectivity index (χ4v) is 2.16. The molecular weight excluding hydrogens is 178 g/mol. The number of hydrogen-bond donors (Lipinski definition) is 1. The molecule has 14 heavy (non-hydrogen) atoms. The van der Waals surface area contributed by atoms with Gasteiger partial charge in [0.25, 0.3) is 0 Å². The molecule has 3 heteroatoms. The highest BCUT2D eigenvalue weighted by Crippen LogP contribution is 2.27. The fourth-order valence-electron chi connectivity index (χ4n) is 2.16. The summed E-state index contributed by atoms with van der Waals surface area (Å²) in [5, 5.41) is 3.17. The summed E-state index contributed by atoms with van der Waals surface area (Å²) < 4.78 is 5.13. The second kappa shape index (κ2) is 5.35. The lowest BCUT2D eigenvalue weighted by Crippen LogP contribution is -2.50. The lowest BCUT2D eigenvalue weighted by Gasteiger charge is -2.29. The van der Waals surface area contributed by atoms with E-state index in [1.807, 2.05) is 14.0 Å². The molecule has 0 saturated heterocycles. The summed E-state index contributed by atoms with van der Waals surface area (Å²) in [6.45, 7) is 2.33. The molecule has 0 aromatic heterocycles. The normalized spacial score (nSPS) is 21.3. The minimum atomic E-state index is -0.396. The van der Waals surface area contributed by atoms with Crippen LogP contribution in [0.25, 0.3) is 0 Å². The van der Waals surface area contributed by atoms with Gasteiger partial charge in [0.05, 0.1) is 6.61 Å². The fraction of sp³-hybridized carbons (Fsp3) is 0.909. The van der Waals surface area contributed by atoms with Crippen LogP contribution in [-0.4, -0.2) is 25.2 Å². The summed E-state index contributed by atoms with van der Waals surface area (Å²) in [5.41, 5.74) is -0.396. The van der Waals surface area contributed by atoms with Crippen LogP contribution in [0.3, 0.4) is 0 Å². The molecule has 0 aliphatic heterocycles. The van der Waals surface area contributed by atoms with Gasteiger partial charge in [0.2, 0.25) is 0 Å². The maximum absolute atomic E-state index is 11.8. The van der Waals surface area contributed by atoms with E-state index in [0.29, 0.717) is 6.61 Å². The molecular formula is C11H21NO2. The first-order chi connectivity index (χ1) is 6.75. The molecule has 1 fully saturated rings. The van der Waals surface area contributed by atoms with Gasteiger partial charge in [-0.05, 0) is 26.8 Å². The minimum absolute atomic E-state index is 0.0654. The van der Waals surface area contributed by atoms with Crippen molar-refractivity contribution < 1.29 is 9.53 Å². The molecule has 0 aromatic carbocycles. The quantitative estimate of drug-likeness (QED) is 0.557. The van der Waals surface area contributed by atoms with Crippen LogP contribution in [0.2, 0.25) is 0 Å². The van der Waals surface area contributed by atoms with Gasteiger partial charge in [0.1, 0.15) is 5.54 Å². The predicted octanol–water partition coefficient (Wildman–Crippen LogP) is 1.86. The lowest BCUT2D eigenvalue weighted by molar-refractivity contribution is -0.151. The van der Waals surface area contributed by atoms with Crippen LogP contribution in [0.5, 0.6) is 0 Å². The molecule has 1 rings (SSSR count). The number of carbonyl (C=O) groups excluding carboxylic acids is 1. The van der Waals surface area contributed by atoms with E-state index >= 15 is 0 Å². The van der Waals surface area contributed by atoms with Crippen LogP contribution >= 0.6 is 0 Å². The van der Waals surface area contributed by atoms with Crippen molar-refractivity contribution in [1.29, 1.82) is 0 Å². The van der Waals surface area contributed by atoms with E-state index in [9.17, 15) is 4.79 Å². The highest BCUT2D eigenvalue weighted by Gasteiger charge is 2.38. The van der Waals surface area contributed by atoms with Crippen molar-refractivity contribution in [3.63, 3.8) is 0 Å². The Morgan fingerprint density at radius 3 is 2.29 bits per heavy atom. The summed E-state index contributed by atoms with van der Waals surface area (Å²) in [5.74, 6) is -0.0654. The number of carbonyl (C=O) groups is 1. The van der Waals surface area contributed by atoms with E-state index < -0.39 is 5.54 Å². The molecule has 0 spiro atoms. The van der Waals surface area contributed by atoms with Crippen LogP contribution in [0.4, 0.5) is 0 Å². The second-order valence-corrected chi connectivity index (χ2v) is 3.97. The van der Waals surface area contributed by atoms with Gasteiger partial charge in [-0.2, -0.15) is 0 Å². The number of esters is 1. The number of nitrogens with one attached hydrogen (secondary N) is 1. The third kappa shape index (κ3) is 2.47. The van der Waals surface area contributed by atoms with Crippen molar-refractivity contribution in [3.05, 3.63) is 0 Å². The third-order valence-electron chi connectivity index (χ3n) is 3.10. The van der Waals surface area contributed by atoms with Crippen LogP contribution in [0.1, 0.15) is 45.4 Å². The highest BCUT2D eigenvalue weighted by atomic mass is 16.5. The van der Waals surface area contributed by atoms with Crippen molar-refractivity contribution >= 4 is 5.97 Å². The topological polar surface area (TPSA) is 38.3 Å². The summed E-state index contributed by atoms with van der Waals surface area (Å²) in [4.78, 5) is 11.8. The van der Waals surface area contributed by atoms with Gasteiger partial charge in [-0.25, -0.2) is 0 Å². The highest BCUT2D eigenvalue weighted by molar-refractivity contribution is 5.80. The molecule has 82 valence electrons. The van der Waals surface area contributed by atoms with Gasteiger partial charge in [-0.1, -0.05) is 25.7 Å². The van der Waals surface area contributed by atoms with Crippen molar-refractivity contribution in [2.24, 2.45) is 0 Å². The van der Waals surface area contributed by atoms with E-state index in [0.717, 1.165) is 25.7 Å². The largest absolute Gasteiger partial charge is 0.465 e. The van der Waals surface area contributed by atoms with Crippen molar-refractivity contribution in [2.75, 3.05) is 13.7 Å². The van der Waals surface area contributed by atoms with Crippen molar-refractivity contribution in [3.8, 4) is 0 Å². The van der Waals surface area contributed by atoms with E-state index in [-0.39, 0.29) is 5.97 Å². The van der Waals surface area contributed by atoms with E-state index in [1.165, 1.54) is 12.8 Å². The van der Waals surface area contributed by atoms with E-state index in [4.69, 9.17) is 4.74 Å². The molecule has 0 aromatic rings. The molecule has 3 nitrogen and oxygen atoms in total. The first kappa shape index (κ1) is 11.5. The Kier molecular flexibility index (Phi) is 4.39. The van der Waals surface area contributed by atoms with Gasteiger partial charge in [-0.3, -0.25) is 4.79 Å². The summed E-state index contributed by atoms with van der Waals surface area (Å²) in [7, 11) is 1.86. The van der Waals surface area contributed by atoms with Crippen LogP contribution in [0, 0.1) is 0 Å². The summed E-state index contributed by atoms with van der Waals surface area (Å²) in [6.07, 6.45) is 6.57. The van der Waals surface area contributed by atoms with Gasteiger partial charge < -0.3 is 10.1 Å². The number of hydrogen-bond acceptors (Lipinski definition) is 3. The Morgan fingerprint density at radius 1 is 1.29 bits per heavy atom. The summed E-state index contributed by atoms with van der Waals surface area (Å²) >= 11 is 0. The molecule has 0 atom stereocenters. The number of ether oxygens (including phenoxy) is 1. The van der Waals surface area contributed by atoms with E-state index in [2.05, 4.69) is 5.32 Å². The Labute approximate surface area is 86.2 Å². The van der Waals surface area contributed by atoms with Crippen LogP contribution in [-0.2, 0) is 9.53 Å². The van der Waals surface area contributed by atoms with Crippen LogP contribution < -0.4 is 5.32 Å². The first-order valence-corrected chi connectivity index (χ1v) is 5.61. The maximum atomic E-state index is 11.8. The third-order valence-corrected chi connectivity index (χ3v) is 3.10. The minimum Gasteiger partial charge on any atom is -0.465 e. The monoisotopic (exact) mass is 199 g/mol. The van der Waals surface area contributed by atoms with Crippen molar-refractivity contribution in [2.45, 2.75) is 51.0 Å². The van der Waals surface area contributed by atoms with Gasteiger partial charge in [0, 0.05) is 0 Å².